The average molecular weight is 370 g/mol. The van der Waals surface area contributed by atoms with E-state index in [-0.39, 0.29) is 5.91 Å². The van der Waals surface area contributed by atoms with Gasteiger partial charge in [0.25, 0.3) is 5.91 Å². The normalized spacial score (nSPS) is 11.0. The first-order valence-electron chi connectivity index (χ1n) is 9.25. The van der Waals surface area contributed by atoms with Gasteiger partial charge >= 0.3 is 0 Å². The van der Waals surface area contributed by atoms with E-state index >= 15 is 0 Å². The van der Waals surface area contributed by atoms with Crippen molar-refractivity contribution in [1.29, 1.82) is 0 Å². The van der Waals surface area contributed by atoms with Gasteiger partial charge in [0.15, 0.2) is 5.65 Å². The molecule has 0 aliphatic rings. The molecule has 4 rings (SSSR count). The summed E-state index contributed by atoms with van der Waals surface area (Å²) in [5, 5.41) is 8.44. The summed E-state index contributed by atoms with van der Waals surface area (Å²) in [6.07, 6.45) is 0. The van der Waals surface area contributed by atoms with Crippen molar-refractivity contribution in [3.63, 3.8) is 0 Å². The largest absolute Gasteiger partial charge is 0.322 e. The Hall–Kier alpha value is -3.47. The second kappa shape index (κ2) is 6.93. The van der Waals surface area contributed by atoms with Gasteiger partial charge in [-0.25, -0.2) is 9.67 Å². The molecule has 0 saturated carbocycles. The fourth-order valence-electron chi connectivity index (χ4n) is 3.36. The quantitative estimate of drug-likeness (QED) is 0.558. The van der Waals surface area contributed by atoms with Crippen LogP contribution >= 0.6 is 0 Å². The number of fused-ring (bicyclic) bond motifs is 1. The molecule has 0 radical (unpaired) electrons. The Kier molecular flexibility index (Phi) is 4.43. The third kappa shape index (κ3) is 3.16. The lowest BCUT2D eigenvalue weighted by atomic mass is 10.1. The number of carbonyl (C=O) groups is 1. The van der Waals surface area contributed by atoms with Gasteiger partial charge in [-0.05, 0) is 69.2 Å². The first kappa shape index (κ1) is 17.9. The highest BCUT2D eigenvalue weighted by Gasteiger charge is 2.19. The zero-order chi connectivity index (χ0) is 19.8. The Labute approximate surface area is 164 Å². The van der Waals surface area contributed by atoms with Crippen molar-refractivity contribution < 1.29 is 4.79 Å². The summed E-state index contributed by atoms with van der Waals surface area (Å²) in [6.45, 7) is 7.89. The summed E-state index contributed by atoms with van der Waals surface area (Å²) < 4.78 is 1.80. The topological polar surface area (TPSA) is 59.8 Å². The van der Waals surface area contributed by atoms with Crippen LogP contribution in [0.25, 0.3) is 16.7 Å². The van der Waals surface area contributed by atoms with Gasteiger partial charge in [-0.2, -0.15) is 5.10 Å². The maximum Gasteiger partial charge on any atom is 0.256 e. The van der Waals surface area contributed by atoms with E-state index in [1.54, 1.807) is 4.68 Å². The predicted octanol–water partition coefficient (Wildman–Crippen LogP) is 4.91. The van der Waals surface area contributed by atoms with Crippen LogP contribution in [0.4, 0.5) is 5.69 Å². The van der Waals surface area contributed by atoms with E-state index in [9.17, 15) is 4.79 Å². The number of benzene rings is 2. The maximum absolute atomic E-state index is 13.1. The number of nitrogens with zero attached hydrogens (tertiary/aromatic N) is 3. The van der Waals surface area contributed by atoms with Crippen LogP contribution in [0.3, 0.4) is 0 Å². The fourth-order valence-corrected chi connectivity index (χ4v) is 3.36. The van der Waals surface area contributed by atoms with Crippen LogP contribution in [0, 0.1) is 27.7 Å². The number of hydrogen-bond acceptors (Lipinski definition) is 3. The molecule has 0 bridgehead atoms. The van der Waals surface area contributed by atoms with E-state index in [1.165, 1.54) is 5.56 Å². The van der Waals surface area contributed by atoms with Gasteiger partial charge in [-0.15, -0.1) is 0 Å². The highest BCUT2D eigenvalue weighted by Crippen LogP contribution is 2.26. The van der Waals surface area contributed by atoms with Gasteiger partial charge < -0.3 is 5.32 Å². The molecule has 0 unspecified atom stereocenters. The number of para-hydroxylation sites is 1. The zero-order valence-electron chi connectivity index (χ0n) is 16.4. The van der Waals surface area contributed by atoms with Crippen LogP contribution in [0.5, 0.6) is 0 Å². The van der Waals surface area contributed by atoms with Crippen molar-refractivity contribution in [3.8, 4) is 5.69 Å². The third-order valence-electron chi connectivity index (χ3n) is 4.95. The van der Waals surface area contributed by atoms with Gasteiger partial charge in [0.1, 0.15) is 0 Å². The minimum atomic E-state index is -0.158. The van der Waals surface area contributed by atoms with Crippen LogP contribution in [0.2, 0.25) is 0 Å². The summed E-state index contributed by atoms with van der Waals surface area (Å²) in [5.41, 5.74) is 6.85. The Balaban J connectivity index is 1.82. The van der Waals surface area contributed by atoms with Crippen molar-refractivity contribution >= 4 is 22.6 Å². The standard InChI is InChI=1S/C23H22N4O/c1-14-10-11-18(12-15(14)2)25-23(28)20-13-16(3)24-22-21(20)17(4)26-27(22)19-8-6-5-7-9-19/h5-13H,1-4H3,(H,25,28). The number of rotatable bonds is 3. The van der Waals surface area contributed by atoms with Gasteiger partial charge in [0.05, 0.1) is 22.3 Å². The average Bonchev–Trinajstić information content (AvgIpc) is 3.01. The Morgan fingerprint density at radius 2 is 1.68 bits per heavy atom. The number of aromatic nitrogens is 3. The molecule has 5 heteroatoms. The van der Waals surface area contributed by atoms with Crippen LogP contribution in [0.1, 0.15) is 32.9 Å². The fraction of sp³-hybridized carbons (Fsp3) is 0.174. The van der Waals surface area contributed by atoms with E-state index in [0.29, 0.717) is 11.2 Å². The first-order valence-corrected chi connectivity index (χ1v) is 9.25. The van der Waals surface area contributed by atoms with E-state index in [2.05, 4.69) is 22.3 Å². The molecule has 28 heavy (non-hydrogen) atoms. The third-order valence-corrected chi connectivity index (χ3v) is 4.95. The summed E-state index contributed by atoms with van der Waals surface area (Å²) >= 11 is 0. The molecule has 0 saturated heterocycles. The molecule has 140 valence electrons. The smallest absolute Gasteiger partial charge is 0.256 e. The van der Waals surface area contributed by atoms with Gasteiger partial charge in [-0.3, -0.25) is 4.79 Å². The molecule has 5 nitrogen and oxygen atoms in total. The molecule has 0 atom stereocenters. The van der Waals surface area contributed by atoms with Crippen molar-refractivity contribution in [2.45, 2.75) is 27.7 Å². The van der Waals surface area contributed by atoms with Crippen molar-refractivity contribution in [1.82, 2.24) is 14.8 Å². The molecule has 1 N–H and O–H groups in total. The minimum Gasteiger partial charge on any atom is -0.322 e. The highest BCUT2D eigenvalue weighted by molar-refractivity contribution is 6.12. The van der Waals surface area contributed by atoms with Gasteiger partial charge in [0.2, 0.25) is 0 Å². The second-order valence-electron chi connectivity index (χ2n) is 7.10. The number of aryl methyl sites for hydroxylation is 4. The molecular formula is C23H22N4O. The predicted molar refractivity (Wildman–Crippen MR) is 112 cm³/mol. The molecule has 2 heterocycles. The molecule has 0 aliphatic heterocycles. The number of pyridine rings is 1. The SMILES string of the molecule is Cc1cc(C(=O)Nc2ccc(C)c(C)c2)c2c(C)nn(-c3ccccc3)c2n1. The molecule has 0 aliphatic carbocycles. The Bertz CT molecular complexity index is 1190. The molecule has 2 aromatic heterocycles. The van der Waals surface area contributed by atoms with Crippen molar-refractivity contribution in [3.05, 3.63) is 82.7 Å². The lowest BCUT2D eigenvalue weighted by Gasteiger charge is -2.10. The summed E-state index contributed by atoms with van der Waals surface area (Å²) in [7, 11) is 0. The summed E-state index contributed by atoms with van der Waals surface area (Å²) in [4.78, 5) is 17.8. The van der Waals surface area contributed by atoms with Crippen LogP contribution in [-0.2, 0) is 0 Å². The van der Waals surface area contributed by atoms with Crippen LogP contribution in [0.15, 0.2) is 54.6 Å². The number of anilines is 1. The van der Waals surface area contributed by atoms with E-state index < -0.39 is 0 Å². The maximum atomic E-state index is 13.1. The van der Waals surface area contributed by atoms with E-state index in [4.69, 9.17) is 0 Å². The molecule has 1 amide bonds. The van der Waals surface area contributed by atoms with Crippen LogP contribution in [-0.4, -0.2) is 20.7 Å². The summed E-state index contributed by atoms with van der Waals surface area (Å²) in [5.74, 6) is -0.158. The van der Waals surface area contributed by atoms with Crippen molar-refractivity contribution in [2.24, 2.45) is 0 Å². The van der Waals surface area contributed by atoms with Crippen molar-refractivity contribution in [2.75, 3.05) is 5.32 Å². The van der Waals surface area contributed by atoms with E-state index in [1.807, 2.05) is 75.4 Å². The molecular weight excluding hydrogens is 348 g/mol. The van der Waals surface area contributed by atoms with Gasteiger partial charge in [0, 0.05) is 11.4 Å². The molecule has 0 spiro atoms. The number of hydrogen-bond donors (Lipinski definition) is 1. The highest BCUT2D eigenvalue weighted by atomic mass is 16.1. The minimum absolute atomic E-state index is 0.158. The van der Waals surface area contributed by atoms with Crippen LogP contribution < -0.4 is 5.32 Å². The monoisotopic (exact) mass is 370 g/mol. The van der Waals surface area contributed by atoms with Gasteiger partial charge in [-0.1, -0.05) is 24.3 Å². The number of nitrogens with one attached hydrogen (secondary N) is 1. The molecule has 4 aromatic rings. The lowest BCUT2D eigenvalue weighted by Crippen LogP contribution is -2.13. The Morgan fingerprint density at radius 1 is 0.929 bits per heavy atom. The zero-order valence-corrected chi connectivity index (χ0v) is 16.4. The van der Waals surface area contributed by atoms with E-state index in [0.717, 1.165) is 33.7 Å². The number of carbonyl (C=O) groups excluding carboxylic acids is 1. The first-order chi connectivity index (χ1) is 13.4. The molecule has 0 fully saturated rings. The molecule has 2 aromatic carbocycles. The summed E-state index contributed by atoms with van der Waals surface area (Å²) in [6, 6.07) is 17.6. The lowest BCUT2D eigenvalue weighted by molar-refractivity contribution is 0.102. The second-order valence-corrected chi connectivity index (χ2v) is 7.10. The Morgan fingerprint density at radius 3 is 2.39 bits per heavy atom. The number of amides is 1.